The van der Waals surface area contributed by atoms with Gasteiger partial charge in [-0.2, -0.15) is 0 Å². The molecule has 202 valence electrons. The van der Waals surface area contributed by atoms with Crippen molar-refractivity contribution >= 4 is 40.9 Å². The number of nitrogens with zero attached hydrogens (tertiary/aromatic N) is 3. The molecule has 0 radical (unpaired) electrons. The average molecular weight is 536 g/mol. The van der Waals surface area contributed by atoms with Crippen LogP contribution in [0.4, 0.5) is 11.4 Å². The molecule has 2 aliphatic heterocycles. The first-order valence-corrected chi connectivity index (χ1v) is 12.2. The predicted molar refractivity (Wildman–Crippen MR) is 138 cm³/mol. The molecule has 0 aliphatic carbocycles. The second kappa shape index (κ2) is 11.3. The van der Waals surface area contributed by atoms with Crippen LogP contribution >= 0.6 is 0 Å². The van der Waals surface area contributed by atoms with Crippen molar-refractivity contribution in [3.05, 3.63) is 92.0 Å². The lowest BCUT2D eigenvalue weighted by Gasteiger charge is -2.35. The van der Waals surface area contributed by atoms with Crippen LogP contribution in [0.5, 0.6) is 0 Å². The van der Waals surface area contributed by atoms with Crippen molar-refractivity contribution in [1.29, 1.82) is 0 Å². The number of hydrogen-bond acceptors (Lipinski definition) is 10. The Balaban J connectivity index is 1.93. The number of fused-ring (bicyclic) bond motifs is 2. The Morgan fingerprint density at radius 1 is 0.923 bits per heavy atom. The van der Waals surface area contributed by atoms with E-state index < -0.39 is 51.5 Å². The minimum atomic E-state index is -1.19. The lowest BCUT2D eigenvalue weighted by atomic mass is 9.87. The fourth-order valence-corrected chi connectivity index (χ4v) is 5.05. The average Bonchev–Trinajstić information content (AvgIpc) is 3.17. The summed E-state index contributed by atoms with van der Waals surface area (Å²) in [5.41, 5.74) is 0.828. The quantitative estimate of drug-likeness (QED) is 0.201. The summed E-state index contributed by atoms with van der Waals surface area (Å²) in [6, 6.07) is 9.34. The Kier molecular flexibility index (Phi) is 7.84. The zero-order valence-electron chi connectivity index (χ0n) is 21.1. The fraction of sp³-hybridized carbons (Fsp3) is 0.296. The third-order valence-electron chi connectivity index (χ3n) is 6.62. The number of ether oxygens (including phenoxy) is 2. The number of carbonyl (C=O) groups is 3. The molecule has 12 heteroatoms. The van der Waals surface area contributed by atoms with E-state index in [4.69, 9.17) is 9.47 Å². The van der Waals surface area contributed by atoms with E-state index in [1.165, 1.54) is 54.6 Å². The number of nitro benzene ring substituents is 2. The molecule has 0 amide bonds. The molecule has 0 saturated carbocycles. The molecule has 2 heterocycles. The molecule has 4 rings (SSSR count). The van der Waals surface area contributed by atoms with Gasteiger partial charge in [0.25, 0.3) is 11.4 Å². The number of hydrogen-bond donors (Lipinski definition) is 0. The predicted octanol–water partition coefficient (Wildman–Crippen LogP) is 3.55. The van der Waals surface area contributed by atoms with E-state index in [1.54, 1.807) is 30.9 Å². The van der Waals surface area contributed by atoms with Gasteiger partial charge in [0.2, 0.25) is 0 Å². The highest BCUT2D eigenvalue weighted by Crippen LogP contribution is 2.46. The SMILES string of the molecule is CCOC(=O)C1C(C(=O)OCC)C2C(=O)C=CC1N2C(=Cc1cccc([N+](=O)[O-])c1)c1ccc([N+](=O)[O-])cc1. The van der Waals surface area contributed by atoms with Gasteiger partial charge in [-0.05, 0) is 49.3 Å². The highest BCUT2D eigenvalue weighted by molar-refractivity contribution is 6.03. The fourth-order valence-electron chi connectivity index (χ4n) is 5.05. The van der Waals surface area contributed by atoms with E-state index in [9.17, 15) is 34.6 Å². The van der Waals surface area contributed by atoms with E-state index in [0.29, 0.717) is 16.8 Å². The van der Waals surface area contributed by atoms with Gasteiger partial charge in [0.15, 0.2) is 5.78 Å². The largest absolute Gasteiger partial charge is 0.466 e. The summed E-state index contributed by atoms with van der Waals surface area (Å²) in [6.45, 7) is 3.32. The van der Waals surface area contributed by atoms with Crippen molar-refractivity contribution in [3.63, 3.8) is 0 Å². The number of rotatable bonds is 9. The molecule has 4 atom stereocenters. The highest BCUT2D eigenvalue weighted by Gasteiger charge is 2.60. The first-order valence-electron chi connectivity index (χ1n) is 12.2. The summed E-state index contributed by atoms with van der Waals surface area (Å²) in [5.74, 6) is -4.12. The number of esters is 2. The second-order valence-electron chi connectivity index (χ2n) is 8.85. The zero-order valence-corrected chi connectivity index (χ0v) is 21.1. The molecule has 2 aliphatic rings. The van der Waals surface area contributed by atoms with Gasteiger partial charge in [-0.15, -0.1) is 0 Å². The maximum atomic E-state index is 13.3. The third kappa shape index (κ3) is 5.26. The van der Waals surface area contributed by atoms with Crippen LogP contribution in [0.15, 0.2) is 60.7 Å². The summed E-state index contributed by atoms with van der Waals surface area (Å²) in [7, 11) is 0. The Bertz CT molecular complexity index is 1380. The van der Waals surface area contributed by atoms with Crippen molar-refractivity contribution < 1.29 is 33.7 Å². The van der Waals surface area contributed by atoms with Gasteiger partial charge < -0.3 is 14.4 Å². The Morgan fingerprint density at radius 3 is 2.13 bits per heavy atom. The van der Waals surface area contributed by atoms with E-state index >= 15 is 0 Å². The molecule has 1 saturated heterocycles. The summed E-state index contributed by atoms with van der Waals surface area (Å²) >= 11 is 0. The van der Waals surface area contributed by atoms with Crippen LogP contribution < -0.4 is 0 Å². The van der Waals surface area contributed by atoms with Crippen molar-refractivity contribution in [2.75, 3.05) is 13.2 Å². The molecule has 2 aromatic rings. The van der Waals surface area contributed by atoms with Crippen molar-refractivity contribution in [2.24, 2.45) is 11.8 Å². The standard InChI is InChI=1S/C27H25N3O9/c1-3-38-26(32)23-20-12-13-22(31)25(24(23)27(33)39-4-2)28(20)21(17-8-10-18(11-9-17)29(34)35)15-16-6-5-7-19(14-16)30(36)37/h5-15,20,23-25H,3-4H2,1-2H3. The van der Waals surface area contributed by atoms with Gasteiger partial charge >= 0.3 is 11.9 Å². The van der Waals surface area contributed by atoms with E-state index in [-0.39, 0.29) is 24.6 Å². The van der Waals surface area contributed by atoms with Gasteiger partial charge in [0.05, 0.1) is 35.0 Å². The highest BCUT2D eigenvalue weighted by atomic mass is 16.6. The number of ketones is 1. The van der Waals surface area contributed by atoms with Crippen LogP contribution in [0.3, 0.4) is 0 Å². The second-order valence-corrected chi connectivity index (χ2v) is 8.85. The minimum absolute atomic E-state index is 0.0304. The van der Waals surface area contributed by atoms with Gasteiger partial charge in [-0.25, -0.2) is 0 Å². The Labute approximate surface area is 222 Å². The van der Waals surface area contributed by atoms with Crippen molar-refractivity contribution in [3.8, 4) is 0 Å². The van der Waals surface area contributed by atoms with Gasteiger partial charge in [0, 0.05) is 30.0 Å². The molecule has 4 unspecified atom stereocenters. The van der Waals surface area contributed by atoms with Crippen LogP contribution in [0.25, 0.3) is 11.8 Å². The van der Waals surface area contributed by atoms with Crippen molar-refractivity contribution in [1.82, 2.24) is 4.90 Å². The van der Waals surface area contributed by atoms with E-state index in [0.717, 1.165) is 0 Å². The number of benzene rings is 2. The van der Waals surface area contributed by atoms with Crippen LogP contribution in [0.2, 0.25) is 0 Å². The van der Waals surface area contributed by atoms with Gasteiger partial charge in [-0.1, -0.05) is 18.2 Å². The van der Waals surface area contributed by atoms with Gasteiger partial charge in [0.1, 0.15) is 12.0 Å². The number of non-ortho nitro benzene ring substituents is 2. The molecule has 12 nitrogen and oxygen atoms in total. The molecule has 0 N–H and O–H groups in total. The third-order valence-corrected chi connectivity index (χ3v) is 6.62. The molecule has 2 bridgehead atoms. The maximum Gasteiger partial charge on any atom is 0.312 e. The number of nitro groups is 2. The van der Waals surface area contributed by atoms with Gasteiger partial charge in [-0.3, -0.25) is 34.6 Å². The molecule has 0 aromatic heterocycles. The van der Waals surface area contributed by atoms with Crippen molar-refractivity contribution in [2.45, 2.75) is 25.9 Å². The van der Waals surface area contributed by atoms with E-state index in [2.05, 4.69) is 0 Å². The minimum Gasteiger partial charge on any atom is -0.466 e. The Morgan fingerprint density at radius 2 is 1.54 bits per heavy atom. The number of carbonyl (C=O) groups excluding carboxylic acids is 3. The summed E-state index contributed by atoms with van der Waals surface area (Å²) in [4.78, 5) is 62.7. The lowest BCUT2D eigenvalue weighted by Crippen LogP contribution is -2.44. The smallest absolute Gasteiger partial charge is 0.312 e. The molecule has 2 aromatic carbocycles. The molecule has 1 fully saturated rings. The first kappa shape index (κ1) is 27.2. The summed E-state index contributed by atoms with van der Waals surface area (Å²) in [5, 5.41) is 22.6. The summed E-state index contributed by atoms with van der Waals surface area (Å²) < 4.78 is 10.5. The maximum absolute atomic E-state index is 13.3. The lowest BCUT2D eigenvalue weighted by molar-refractivity contribution is -0.385. The monoisotopic (exact) mass is 535 g/mol. The van der Waals surface area contributed by atoms with Crippen LogP contribution in [-0.4, -0.2) is 57.8 Å². The summed E-state index contributed by atoms with van der Waals surface area (Å²) in [6.07, 6.45) is 4.42. The topological polar surface area (TPSA) is 159 Å². The van der Waals surface area contributed by atoms with Crippen LogP contribution in [-0.2, 0) is 23.9 Å². The molecule has 39 heavy (non-hydrogen) atoms. The normalized spacial score (nSPS) is 21.9. The Hall–Kier alpha value is -4.87. The first-order chi connectivity index (χ1) is 18.7. The van der Waals surface area contributed by atoms with Crippen LogP contribution in [0, 0.1) is 32.1 Å². The van der Waals surface area contributed by atoms with E-state index in [1.807, 2.05) is 0 Å². The van der Waals surface area contributed by atoms with Crippen LogP contribution in [0.1, 0.15) is 25.0 Å². The molecular weight excluding hydrogens is 510 g/mol. The zero-order chi connectivity index (χ0) is 28.3. The molecular formula is C27H25N3O9. The molecule has 0 spiro atoms.